The molecule has 0 aromatic carbocycles. The molecule has 0 aliphatic carbocycles. The number of rotatable bonds is 11. The third-order valence-electron chi connectivity index (χ3n) is 4.61. The van der Waals surface area contributed by atoms with Gasteiger partial charge in [0, 0.05) is 12.5 Å². The van der Waals surface area contributed by atoms with Crippen LogP contribution >= 0.6 is 0 Å². The van der Waals surface area contributed by atoms with E-state index in [2.05, 4.69) is 27.8 Å². The van der Waals surface area contributed by atoms with Gasteiger partial charge in [0.15, 0.2) is 0 Å². The Kier molecular flexibility index (Phi) is 9.30. The lowest BCUT2D eigenvalue weighted by Gasteiger charge is -2.25. The lowest BCUT2D eigenvalue weighted by Crippen LogP contribution is -2.56. The molecule has 1 heterocycles. The first-order valence-corrected chi connectivity index (χ1v) is 9.52. The highest BCUT2D eigenvalue weighted by Gasteiger charge is 2.31. The molecule has 0 aromatic heterocycles. The molecular formula is C19H30N4O6. The van der Waals surface area contributed by atoms with Crippen molar-refractivity contribution in [2.24, 2.45) is 11.8 Å². The fourth-order valence-electron chi connectivity index (χ4n) is 3.10. The number of amides is 4. The maximum absolute atomic E-state index is 12.7. The van der Waals surface area contributed by atoms with Gasteiger partial charge < -0.3 is 31.2 Å². The van der Waals surface area contributed by atoms with Crippen LogP contribution in [0.4, 0.5) is 4.79 Å². The second-order valence-corrected chi connectivity index (χ2v) is 7.66. The van der Waals surface area contributed by atoms with Crippen LogP contribution in [0.25, 0.3) is 0 Å². The lowest BCUT2D eigenvalue weighted by molar-refractivity contribution is -0.131. The van der Waals surface area contributed by atoms with E-state index < -0.39 is 36.0 Å². The maximum Gasteiger partial charge on any atom is 0.405 e. The number of nitrogens with one attached hydrogen (secondary N) is 4. The highest BCUT2D eigenvalue weighted by Crippen LogP contribution is 2.16. The maximum atomic E-state index is 12.7. The Balaban J connectivity index is 2.83. The molecule has 0 aromatic rings. The fourth-order valence-corrected chi connectivity index (χ4v) is 3.10. The third kappa shape index (κ3) is 7.92. The summed E-state index contributed by atoms with van der Waals surface area (Å²) in [6, 6.07) is -2.95. The van der Waals surface area contributed by atoms with E-state index in [1.165, 1.54) is 0 Å². The minimum Gasteiger partial charge on any atom is -0.465 e. The van der Waals surface area contributed by atoms with Crippen LogP contribution in [0, 0.1) is 11.8 Å². The van der Waals surface area contributed by atoms with Gasteiger partial charge in [-0.1, -0.05) is 19.4 Å². The first kappa shape index (κ1) is 24.1. The van der Waals surface area contributed by atoms with Gasteiger partial charge in [0.2, 0.25) is 17.7 Å². The molecule has 162 valence electrons. The summed E-state index contributed by atoms with van der Waals surface area (Å²) in [5.41, 5.74) is 0.621. The minimum atomic E-state index is -1.35. The van der Waals surface area contributed by atoms with E-state index in [0.29, 0.717) is 24.8 Å². The average molecular weight is 410 g/mol. The van der Waals surface area contributed by atoms with Crippen molar-refractivity contribution < 1.29 is 29.1 Å². The van der Waals surface area contributed by atoms with Crippen molar-refractivity contribution in [3.8, 4) is 0 Å². The Morgan fingerprint density at radius 2 is 1.90 bits per heavy atom. The highest BCUT2D eigenvalue weighted by atomic mass is 16.4. The predicted octanol–water partition coefficient (Wildman–Crippen LogP) is -0.0605. The molecule has 10 heteroatoms. The third-order valence-corrected chi connectivity index (χ3v) is 4.61. The Hall–Kier alpha value is -2.91. The van der Waals surface area contributed by atoms with E-state index in [4.69, 9.17) is 5.11 Å². The molecule has 1 saturated heterocycles. The van der Waals surface area contributed by atoms with Crippen LogP contribution in [0.2, 0.25) is 0 Å². The molecule has 4 amide bonds. The smallest absolute Gasteiger partial charge is 0.405 e. The number of carboxylic acid groups (broad SMARTS) is 1. The van der Waals surface area contributed by atoms with E-state index in [-0.39, 0.29) is 30.6 Å². The van der Waals surface area contributed by atoms with Crippen LogP contribution < -0.4 is 21.3 Å². The van der Waals surface area contributed by atoms with Crippen molar-refractivity contribution in [1.82, 2.24) is 21.3 Å². The molecule has 1 aliphatic rings. The van der Waals surface area contributed by atoms with Gasteiger partial charge in [0.05, 0.1) is 6.04 Å². The summed E-state index contributed by atoms with van der Waals surface area (Å²) in [6.45, 7) is 9.30. The largest absolute Gasteiger partial charge is 0.465 e. The Morgan fingerprint density at radius 1 is 1.24 bits per heavy atom. The highest BCUT2D eigenvalue weighted by molar-refractivity contribution is 5.92. The summed E-state index contributed by atoms with van der Waals surface area (Å²) in [5, 5.41) is 18.8. The molecule has 29 heavy (non-hydrogen) atoms. The standard InChI is InChI=1S/C19H30N4O6/c1-10(2)7-14(22-18(27)15(11(3)4)23-19(28)29)17(26)21-13(9-24)8-12-5-6-20-16(12)25/h9,11-15,23H,1,5-8H2,2-4H3,(H,20,25)(H,21,26)(H,22,27)(H,28,29). The van der Waals surface area contributed by atoms with Gasteiger partial charge in [0.1, 0.15) is 18.4 Å². The van der Waals surface area contributed by atoms with Crippen molar-refractivity contribution in [3.63, 3.8) is 0 Å². The van der Waals surface area contributed by atoms with Gasteiger partial charge in [-0.25, -0.2) is 4.79 Å². The number of carbonyl (C=O) groups excluding carboxylic acids is 4. The normalized spacial score (nSPS) is 18.9. The first-order valence-electron chi connectivity index (χ1n) is 9.52. The van der Waals surface area contributed by atoms with Crippen LogP contribution in [0.1, 0.15) is 40.0 Å². The summed E-state index contributed by atoms with van der Waals surface area (Å²) in [6.07, 6.45) is 0.0822. The van der Waals surface area contributed by atoms with Crippen molar-refractivity contribution in [2.45, 2.75) is 58.2 Å². The summed E-state index contributed by atoms with van der Waals surface area (Å²) in [5.74, 6) is -2.11. The zero-order valence-corrected chi connectivity index (χ0v) is 17.0. The topological polar surface area (TPSA) is 154 Å². The Labute approximate surface area is 169 Å². The number of hydrogen-bond donors (Lipinski definition) is 5. The zero-order valence-electron chi connectivity index (χ0n) is 17.0. The van der Waals surface area contributed by atoms with E-state index in [9.17, 15) is 24.0 Å². The van der Waals surface area contributed by atoms with E-state index in [0.717, 1.165) is 0 Å². The van der Waals surface area contributed by atoms with Gasteiger partial charge in [-0.3, -0.25) is 14.4 Å². The van der Waals surface area contributed by atoms with E-state index in [1.807, 2.05) is 0 Å². The van der Waals surface area contributed by atoms with Crippen LogP contribution in [-0.4, -0.2) is 59.9 Å². The van der Waals surface area contributed by atoms with E-state index >= 15 is 0 Å². The van der Waals surface area contributed by atoms with Crippen LogP contribution in [0.5, 0.6) is 0 Å². The Bertz CT molecular complexity index is 663. The van der Waals surface area contributed by atoms with Crippen LogP contribution in [0.15, 0.2) is 12.2 Å². The zero-order chi connectivity index (χ0) is 22.1. The van der Waals surface area contributed by atoms with Gasteiger partial charge >= 0.3 is 6.09 Å². The van der Waals surface area contributed by atoms with Crippen molar-refractivity contribution in [2.75, 3.05) is 6.54 Å². The quantitative estimate of drug-likeness (QED) is 0.237. The fraction of sp³-hybridized carbons (Fsp3) is 0.632. The number of hydrogen-bond acceptors (Lipinski definition) is 5. The molecule has 4 atom stereocenters. The van der Waals surface area contributed by atoms with Gasteiger partial charge in [0.25, 0.3) is 0 Å². The van der Waals surface area contributed by atoms with Crippen molar-refractivity contribution in [3.05, 3.63) is 12.2 Å². The summed E-state index contributed by atoms with van der Waals surface area (Å²) >= 11 is 0. The number of carbonyl (C=O) groups is 5. The SMILES string of the molecule is C=C(C)CC(NC(=O)C(NC(=O)O)C(C)C)C(=O)NC(C=O)CC1CCNC1=O. The molecule has 1 rings (SSSR count). The van der Waals surface area contributed by atoms with Gasteiger partial charge in [-0.2, -0.15) is 0 Å². The molecule has 0 saturated carbocycles. The second-order valence-electron chi connectivity index (χ2n) is 7.66. The summed E-state index contributed by atoms with van der Waals surface area (Å²) in [4.78, 5) is 59.2. The molecule has 1 fully saturated rings. The van der Waals surface area contributed by atoms with Crippen LogP contribution in [-0.2, 0) is 19.2 Å². The van der Waals surface area contributed by atoms with Gasteiger partial charge in [-0.15, -0.1) is 6.58 Å². The molecule has 1 aliphatic heterocycles. The summed E-state index contributed by atoms with van der Waals surface area (Å²) in [7, 11) is 0. The molecule has 0 bridgehead atoms. The molecule has 0 radical (unpaired) electrons. The second kappa shape index (κ2) is 11.2. The Morgan fingerprint density at radius 3 is 2.34 bits per heavy atom. The summed E-state index contributed by atoms with van der Waals surface area (Å²) < 4.78 is 0. The monoisotopic (exact) mass is 410 g/mol. The van der Waals surface area contributed by atoms with Crippen LogP contribution in [0.3, 0.4) is 0 Å². The molecule has 4 unspecified atom stereocenters. The average Bonchev–Trinajstić information content (AvgIpc) is 3.02. The minimum absolute atomic E-state index is 0.116. The van der Waals surface area contributed by atoms with Crippen molar-refractivity contribution in [1.29, 1.82) is 0 Å². The predicted molar refractivity (Wildman–Crippen MR) is 105 cm³/mol. The first-order chi connectivity index (χ1) is 13.5. The molecule has 10 nitrogen and oxygen atoms in total. The van der Waals surface area contributed by atoms with Gasteiger partial charge in [-0.05, 0) is 32.1 Å². The molecule has 5 N–H and O–H groups in total. The molecular weight excluding hydrogens is 380 g/mol. The van der Waals surface area contributed by atoms with Crippen molar-refractivity contribution >= 4 is 30.1 Å². The molecule has 0 spiro atoms. The lowest BCUT2D eigenvalue weighted by atomic mass is 9.98. The van der Waals surface area contributed by atoms with E-state index in [1.54, 1.807) is 20.8 Å². The number of aldehydes is 1.